The molecule has 2 N–H and O–H groups in total. The minimum absolute atomic E-state index is 0.0680. The highest BCUT2D eigenvalue weighted by Gasteiger charge is 2.43. The Labute approximate surface area is 577 Å². The van der Waals surface area contributed by atoms with Crippen molar-refractivity contribution >= 4 is 68.7 Å². The largest absolute Gasteiger partial charge is 0.496 e. The lowest BCUT2D eigenvalue weighted by atomic mass is 10.1. The lowest BCUT2D eigenvalue weighted by Gasteiger charge is -2.32. The number of amides is 2. The monoisotopic (exact) mass is 1480 g/mol. The van der Waals surface area contributed by atoms with E-state index in [2.05, 4.69) is 49.4 Å². The van der Waals surface area contributed by atoms with E-state index in [1.807, 2.05) is 14.1 Å². The molecular formula is C66H60F12N8O10S4. The quantitative estimate of drug-likeness (QED) is 0.0763. The van der Waals surface area contributed by atoms with Gasteiger partial charge in [0.2, 0.25) is 34.6 Å². The van der Waals surface area contributed by atoms with E-state index in [1.165, 1.54) is 41.9 Å². The van der Waals surface area contributed by atoms with Gasteiger partial charge in [-0.05, 0) is 140 Å². The number of alkyl halides is 12. The number of carbonyl (C=O) groups excluding carboxylic acids is 4. The Morgan fingerprint density at radius 2 is 0.700 bits per heavy atom. The minimum atomic E-state index is -4.61. The zero-order valence-corrected chi connectivity index (χ0v) is 57.2. The molecule has 2 fully saturated rings. The Morgan fingerprint density at radius 1 is 0.430 bits per heavy atom. The first-order chi connectivity index (χ1) is 47.3. The number of rotatable bonds is 14. The number of halogens is 12. The third kappa shape index (κ3) is 17.1. The van der Waals surface area contributed by atoms with E-state index in [0.29, 0.717) is 87.8 Å². The molecule has 10 aromatic rings. The van der Waals surface area contributed by atoms with Gasteiger partial charge in [0.1, 0.15) is 34.3 Å². The van der Waals surface area contributed by atoms with Gasteiger partial charge in [0.25, 0.3) is 11.8 Å². The fraction of sp³-hybridized carbons (Fsp3) is 0.333. The van der Waals surface area contributed by atoms with E-state index in [9.17, 15) is 71.9 Å². The molecule has 2 saturated heterocycles. The summed E-state index contributed by atoms with van der Waals surface area (Å²) < 4.78 is 182. The third-order valence-electron chi connectivity index (χ3n) is 15.9. The van der Waals surface area contributed by atoms with Gasteiger partial charge in [-0.3, -0.25) is 19.2 Å². The first-order valence-corrected chi connectivity index (χ1v) is 33.4. The van der Waals surface area contributed by atoms with Crippen LogP contribution in [0.2, 0.25) is 0 Å². The van der Waals surface area contributed by atoms with Crippen LogP contribution in [0.5, 0.6) is 11.5 Å². The molecule has 0 spiro atoms. The molecule has 0 aliphatic carbocycles. The van der Waals surface area contributed by atoms with Crippen molar-refractivity contribution in [3.63, 3.8) is 0 Å². The van der Waals surface area contributed by atoms with Crippen LogP contribution in [0.1, 0.15) is 121 Å². The van der Waals surface area contributed by atoms with Crippen LogP contribution in [-0.2, 0) is 24.7 Å². The second-order valence-electron chi connectivity index (χ2n) is 22.4. The molecule has 0 unspecified atom stereocenters. The number of ether oxygens (including phenoxy) is 2. The number of likely N-dealkylation sites (tertiary alicyclic amines) is 2. The molecule has 0 radical (unpaired) electrons. The summed E-state index contributed by atoms with van der Waals surface area (Å²) in [6.07, 6.45) is -14.5. The summed E-state index contributed by atoms with van der Waals surface area (Å²) in [5.74, 6) is -4.35. The van der Waals surface area contributed by atoms with Gasteiger partial charge in [-0.25, -0.2) is 0 Å². The van der Waals surface area contributed by atoms with Crippen molar-refractivity contribution in [1.29, 1.82) is 0 Å². The normalized spacial score (nSPS) is 15.1. The fourth-order valence-corrected chi connectivity index (χ4v) is 14.7. The molecular weight excluding hydrogens is 1420 g/mol. The first-order valence-electron chi connectivity index (χ1n) is 30.1. The van der Waals surface area contributed by atoms with E-state index in [0.717, 1.165) is 71.0 Å². The van der Waals surface area contributed by atoms with Crippen LogP contribution < -0.4 is 20.1 Å². The molecule has 12 rings (SSSR count). The number of thiophene rings is 4. The maximum Gasteiger partial charge on any atom is 0.452 e. The molecule has 8 aromatic heterocycles. The predicted octanol–water partition coefficient (Wildman–Crippen LogP) is 17.0. The molecule has 18 nitrogen and oxygen atoms in total. The van der Waals surface area contributed by atoms with E-state index in [4.69, 9.17) is 9.47 Å². The van der Waals surface area contributed by atoms with Gasteiger partial charge in [0.15, 0.2) is 0 Å². The van der Waals surface area contributed by atoms with Crippen LogP contribution in [0.25, 0.3) is 42.3 Å². The van der Waals surface area contributed by atoms with Crippen molar-refractivity contribution in [2.24, 2.45) is 0 Å². The van der Waals surface area contributed by atoms with E-state index in [1.54, 1.807) is 107 Å². The Morgan fingerprint density at radius 3 is 0.960 bits per heavy atom. The lowest BCUT2D eigenvalue weighted by molar-refractivity contribution is -0.156. The highest BCUT2D eigenvalue weighted by molar-refractivity contribution is 7.18. The first kappa shape index (κ1) is 75.2. The second kappa shape index (κ2) is 31.3. The van der Waals surface area contributed by atoms with Crippen molar-refractivity contribution in [2.45, 2.75) is 90.2 Å². The molecule has 0 saturated carbocycles. The average molecular weight is 1480 g/mol. The number of benzene rings is 2. The Bertz CT molecular complexity index is 4230. The second-order valence-corrected chi connectivity index (χ2v) is 26.7. The van der Waals surface area contributed by atoms with Gasteiger partial charge >= 0.3 is 24.7 Å². The highest BCUT2D eigenvalue weighted by atomic mass is 32.1. The number of aromatic nitrogens is 4. The number of hydrogen-bond acceptors (Lipinski definition) is 20. The van der Waals surface area contributed by atoms with E-state index in [-0.39, 0.29) is 80.5 Å². The van der Waals surface area contributed by atoms with E-state index < -0.39 is 47.7 Å². The van der Waals surface area contributed by atoms with Crippen molar-refractivity contribution in [3.05, 3.63) is 173 Å². The number of methoxy groups -OCH3 is 2. The summed E-state index contributed by atoms with van der Waals surface area (Å²) in [5.41, 5.74) is 0.830. The maximum absolute atomic E-state index is 12.8. The molecule has 0 bridgehead atoms. The highest BCUT2D eigenvalue weighted by Crippen LogP contribution is 2.44. The number of nitrogens with one attached hydrogen (secondary N) is 2. The topological polar surface area (TPSA) is 221 Å². The zero-order valence-electron chi connectivity index (χ0n) is 54.0. The summed E-state index contributed by atoms with van der Waals surface area (Å²) in [6.45, 7) is 7.84. The Balaban J connectivity index is 0.000000156. The summed E-state index contributed by atoms with van der Waals surface area (Å²) in [6, 6.07) is 26.7. The maximum atomic E-state index is 12.8. The van der Waals surface area contributed by atoms with Crippen molar-refractivity contribution in [1.82, 2.24) is 41.1 Å². The van der Waals surface area contributed by atoms with Crippen LogP contribution in [0.15, 0.2) is 115 Å². The molecule has 2 aromatic carbocycles. The number of likely N-dealkylation sites (N-methyl/N-ethyl adjacent to an activating group) is 2. The van der Waals surface area contributed by atoms with Gasteiger partial charge in [-0.2, -0.15) is 52.7 Å². The molecule has 10 heterocycles. The Kier molecular flexibility index (Phi) is 23.5. The third-order valence-corrected chi connectivity index (χ3v) is 20.2. The number of hydrogen-bond donors (Lipinski definition) is 2. The molecule has 2 amide bonds. The molecule has 100 heavy (non-hydrogen) atoms. The zero-order chi connectivity index (χ0) is 72.8. The van der Waals surface area contributed by atoms with E-state index >= 15 is 0 Å². The standard InChI is InChI=1S/2C17H12F3NO3S.2C16H18F3N3O2S/c2*1-9-14(21-24-16(9)17(18,19)20)12-7-8-13(25-12)15(22)10-5-3-4-6-11(10)23-2;2*1-9-13(21-24-14(9)16(17,18)19)11-5-6-12(25-11)15(23)22-7-3-4-10(8-22)20-2/h2*3-8H,1-2H3;2*5-6,10,20H,3-4,7-8H2,1-2H3/t;;2*10-/m..10/s1. The predicted molar refractivity (Wildman–Crippen MR) is 347 cm³/mol. The summed E-state index contributed by atoms with van der Waals surface area (Å²) in [5, 5.41) is 20.5. The van der Waals surface area contributed by atoms with Crippen molar-refractivity contribution < 1.29 is 99.4 Å². The number of nitrogens with zero attached hydrogens (tertiary/aromatic N) is 6. The molecule has 2 aliphatic rings. The van der Waals surface area contributed by atoms with Crippen LogP contribution in [0.4, 0.5) is 52.7 Å². The molecule has 2 atom stereocenters. The summed E-state index contributed by atoms with van der Waals surface area (Å²) >= 11 is 4.37. The number of piperidine rings is 2. The minimum Gasteiger partial charge on any atom is -0.496 e. The molecule has 532 valence electrons. The number of ketones is 2. The fourth-order valence-electron chi connectivity index (χ4n) is 10.7. The molecule has 2 aliphatic heterocycles. The lowest BCUT2D eigenvalue weighted by Crippen LogP contribution is -2.46. The van der Waals surface area contributed by atoms with Gasteiger partial charge in [0.05, 0.1) is 64.4 Å². The van der Waals surface area contributed by atoms with Crippen molar-refractivity contribution in [2.75, 3.05) is 54.5 Å². The van der Waals surface area contributed by atoms with Crippen LogP contribution >= 0.6 is 45.3 Å². The van der Waals surface area contributed by atoms with Gasteiger partial charge in [-0.1, -0.05) is 44.9 Å². The summed E-state index contributed by atoms with van der Waals surface area (Å²) in [4.78, 5) is 57.6. The Hall–Kier alpha value is -8.96. The number of para-hydroxylation sites is 2. The van der Waals surface area contributed by atoms with Gasteiger partial charge in [-0.15, -0.1) is 45.3 Å². The smallest absolute Gasteiger partial charge is 0.452 e. The van der Waals surface area contributed by atoms with Crippen LogP contribution in [0.3, 0.4) is 0 Å². The SMILES string of the molecule is CN[C@@H]1CCCN(C(=O)c2ccc(-c3noc(C(F)(F)F)c3C)s2)C1.CN[C@H]1CCCN(C(=O)c2ccc(-c3noc(C(F)(F)F)c3C)s2)C1.COc1ccccc1C(=O)c1ccc(-c2noc(C(F)(F)F)c2C)s1.COc1ccccc1C(=O)c1ccc(-c2noc(C(F)(F)F)c2C)s1. The van der Waals surface area contributed by atoms with Crippen LogP contribution in [-0.4, -0.2) is 120 Å². The van der Waals surface area contributed by atoms with Crippen molar-refractivity contribution in [3.8, 4) is 53.8 Å². The molecule has 34 heteroatoms. The summed E-state index contributed by atoms with van der Waals surface area (Å²) in [7, 11) is 6.66. The average Bonchev–Trinajstić information content (AvgIpc) is 1.65. The van der Waals surface area contributed by atoms with Gasteiger partial charge in [0, 0.05) is 60.5 Å². The van der Waals surface area contributed by atoms with Gasteiger partial charge < -0.3 is 48.0 Å². The van der Waals surface area contributed by atoms with Crippen LogP contribution in [0, 0.1) is 27.7 Å². The number of carbonyl (C=O) groups is 4.